The van der Waals surface area contributed by atoms with E-state index in [0.717, 1.165) is 0 Å². The average molecular weight is 316 g/mol. The Bertz CT molecular complexity index is 684. The summed E-state index contributed by atoms with van der Waals surface area (Å²) >= 11 is 0. The summed E-state index contributed by atoms with van der Waals surface area (Å²) in [5, 5.41) is 12.4. The Kier molecular flexibility index (Phi) is 4.89. The van der Waals surface area contributed by atoms with E-state index in [2.05, 4.69) is 5.32 Å². The number of halogens is 1. The van der Waals surface area contributed by atoms with E-state index in [0.29, 0.717) is 11.3 Å². The summed E-state index contributed by atoms with van der Waals surface area (Å²) in [6.07, 6.45) is -1.26. The van der Waals surface area contributed by atoms with Gasteiger partial charge in [-0.25, -0.2) is 4.39 Å². The Morgan fingerprint density at radius 3 is 2.43 bits per heavy atom. The van der Waals surface area contributed by atoms with Crippen LogP contribution in [0.3, 0.4) is 0 Å². The predicted octanol–water partition coefficient (Wildman–Crippen LogP) is 3.44. The first-order valence-electron chi connectivity index (χ1n) is 7.37. The first-order valence-corrected chi connectivity index (χ1v) is 7.37. The van der Waals surface area contributed by atoms with Crippen molar-refractivity contribution in [2.75, 3.05) is 12.3 Å². The molecular formula is C18H21FN2O2. The van der Waals surface area contributed by atoms with Crippen LogP contribution in [0.1, 0.15) is 35.9 Å². The zero-order valence-corrected chi connectivity index (χ0v) is 13.2. The van der Waals surface area contributed by atoms with Crippen LogP contribution in [0.2, 0.25) is 0 Å². The zero-order chi connectivity index (χ0) is 17.0. The number of phenols is 1. The Hall–Kier alpha value is -2.56. The molecule has 0 aliphatic heterocycles. The van der Waals surface area contributed by atoms with Crippen molar-refractivity contribution in [1.82, 2.24) is 5.32 Å². The topological polar surface area (TPSA) is 75.3 Å². The van der Waals surface area contributed by atoms with Crippen molar-refractivity contribution >= 4 is 11.6 Å². The molecule has 0 heterocycles. The van der Waals surface area contributed by atoms with E-state index in [1.165, 1.54) is 12.1 Å². The first kappa shape index (κ1) is 16.8. The number of benzene rings is 2. The van der Waals surface area contributed by atoms with Gasteiger partial charge in [0, 0.05) is 17.6 Å². The van der Waals surface area contributed by atoms with Gasteiger partial charge < -0.3 is 16.2 Å². The van der Waals surface area contributed by atoms with E-state index in [1.807, 2.05) is 0 Å². The molecule has 0 saturated carbocycles. The quantitative estimate of drug-likeness (QED) is 0.740. The second-order valence-electron chi connectivity index (χ2n) is 6.22. The standard InChI is InChI=1S/C18H21FN2O2/c1-18(2,16(19)12-7-9-13(20)10-8-12)11-21-17(23)14-5-3-4-6-15(14)22/h3-10,16,22H,11,20H2,1-2H3,(H,21,23). The van der Waals surface area contributed by atoms with Crippen molar-refractivity contribution in [1.29, 1.82) is 0 Å². The molecule has 0 aliphatic rings. The summed E-state index contributed by atoms with van der Waals surface area (Å²) < 4.78 is 14.7. The molecule has 0 aromatic heterocycles. The lowest BCUT2D eigenvalue weighted by molar-refractivity contribution is 0.0888. The minimum absolute atomic E-state index is 0.0989. The highest BCUT2D eigenvalue weighted by Gasteiger charge is 2.31. The maximum Gasteiger partial charge on any atom is 0.255 e. The molecule has 1 unspecified atom stereocenters. The maximum atomic E-state index is 14.7. The van der Waals surface area contributed by atoms with Gasteiger partial charge in [0.25, 0.3) is 5.91 Å². The molecule has 2 aromatic rings. The molecule has 4 N–H and O–H groups in total. The lowest BCUT2D eigenvalue weighted by Crippen LogP contribution is -2.36. The molecule has 1 atom stereocenters. The van der Waals surface area contributed by atoms with Crippen molar-refractivity contribution in [3.63, 3.8) is 0 Å². The molecule has 2 aromatic carbocycles. The van der Waals surface area contributed by atoms with Crippen molar-refractivity contribution < 1.29 is 14.3 Å². The molecule has 1 amide bonds. The molecule has 2 rings (SSSR count). The Balaban J connectivity index is 2.04. The number of alkyl halides is 1. The fraction of sp³-hybridized carbons (Fsp3) is 0.278. The normalized spacial score (nSPS) is 12.7. The zero-order valence-electron chi connectivity index (χ0n) is 13.2. The van der Waals surface area contributed by atoms with Crippen molar-refractivity contribution in [2.24, 2.45) is 5.41 Å². The molecule has 0 fully saturated rings. The van der Waals surface area contributed by atoms with E-state index in [4.69, 9.17) is 5.73 Å². The lowest BCUT2D eigenvalue weighted by Gasteiger charge is -2.29. The van der Waals surface area contributed by atoms with Crippen molar-refractivity contribution in [2.45, 2.75) is 20.0 Å². The van der Waals surface area contributed by atoms with Gasteiger partial charge >= 0.3 is 0 Å². The number of hydrogen-bond donors (Lipinski definition) is 3. The van der Waals surface area contributed by atoms with Gasteiger partial charge in [-0.15, -0.1) is 0 Å². The van der Waals surface area contributed by atoms with Crippen LogP contribution in [-0.2, 0) is 0 Å². The third-order valence-corrected chi connectivity index (χ3v) is 3.77. The van der Waals surface area contributed by atoms with Crippen molar-refractivity contribution in [3.8, 4) is 5.75 Å². The number of rotatable bonds is 5. The van der Waals surface area contributed by atoms with Gasteiger partial charge in [0.05, 0.1) is 5.56 Å². The number of carbonyl (C=O) groups is 1. The SMILES string of the molecule is CC(C)(CNC(=O)c1ccccc1O)C(F)c1ccc(N)cc1. The second kappa shape index (κ2) is 6.69. The third-order valence-electron chi connectivity index (χ3n) is 3.77. The van der Waals surface area contributed by atoms with Gasteiger partial charge in [-0.2, -0.15) is 0 Å². The predicted molar refractivity (Wildman–Crippen MR) is 88.9 cm³/mol. The summed E-state index contributed by atoms with van der Waals surface area (Å²) in [4.78, 5) is 12.1. The number of nitrogen functional groups attached to an aromatic ring is 1. The summed E-state index contributed by atoms with van der Waals surface area (Å²) in [5.74, 6) is -0.529. The summed E-state index contributed by atoms with van der Waals surface area (Å²) in [6, 6.07) is 12.8. The monoisotopic (exact) mass is 316 g/mol. The lowest BCUT2D eigenvalue weighted by atomic mass is 9.83. The number of hydrogen-bond acceptors (Lipinski definition) is 3. The van der Waals surface area contributed by atoms with Crippen molar-refractivity contribution in [3.05, 3.63) is 59.7 Å². The second-order valence-corrected chi connectivity index (χ2v) is 6.22. The van der Waals surface area contributed by atoms with Gasteiger partial charge in [-0.3, -0.25) is 4.79 Å². The average Bonchev–Trinajstić information content (AvgIpc) is 2.53. The molecule has 0 bridgehead atoms. The molecule has 0 spiro atoms. The van der Waals surface area contributed by atoms with Crippen LogP contribution in [0.4, 0.5) is 10.1 Å². The van der Waals surface area contributed by atoms with E-state index in [9.17, 15) is 14.3 Å². The maximum absolute atomic E-state index is 14.7. The largest absolute Gasteiger partial charge is 0.507 e. The van der Waals surface area contributed by atoms with E-state index in [-0.39, 0.29) is 17.9 Å². The molecule has 122 valence electrons. The van der Waals surface area contributed by atoms with Gasteiger partial charge in [-0.1, -0.05) is 38.1 Å². The van der Waals surface area contributed by atoms with E-state index >= 15 is 0 Å². The Labute approximate surface area is 135 Å². The van der Waals surface area contributed by atoms with Crippen LogP contribution in [0, 0.1) is 5.41 Å². The van der Waals surface area contributed by atoms with Crippen LogP contribution in [-0.4, -0.2) is 17.6 Å². The Morgan fingerprint density at radius 1 is 1.22 bits per heavy atom. The van der Waals surface area contributed by atoms with Gasteiger partial charge in [-0.05, 0) is 29.8 Å². The number of carbonyl (C=O) groups excluding carboxylic acids is 1. The number of amides is 1. The van der Waals surface area contributed by atoms with Crippen LogP contribution in [0.15, 0.2) is 48.5 Å². The summed E-state index contributed by atoms with van der Waals surface area (Å²) in [7, 11) is 0. The third kappa shape index (κ3) is 4.00. The summed E-state index contributed by atoms with van der Waals surface area (Å²) in [6.45, 7) is 3.60. The van der Waals surface area contributed by atoms with E-state index < -0.39 is 17.5 Å². The number of phenolic OH excluding ortho intramolecular Hbond substituents is 1. The molecule has 0 aliphatic carbocycles. The number of nitrogens with two attached hydrogens (primary N) is 1. The minimum Gasteiger partial charge on any atom is -0.507 e. The van der Waals surface area contributed by atoms with Gasteiger partial charge in [0.2, 0.25) is 0 Å². The van der Waals surface area contributed by atoms with Gasteiger partial charge in [0.1, 0.15) is 11.9 Å². The van der Waals surface area contributed by atoms with Gasteiger partial charge in [0.15, 0.2) is 0 Å². The van der Waals surface area contributed by atoms with E-state index in [1.54, 1.807) is 50.2 Å². The smallest absolute Gasteiger partial charge is 0.255 e. The highest BCUT2D eigenvalue weighted by Crippen LogP contribution is 2.36. The molecule has 0 radical (unpaired) electrons. The number of anilines is 1. The molecule has 4 nitrogen and oxygen atoms in total. The van der Waals surface area contributed by atoms with Crippen LogP contribution in [0.5, 0.6) is 5.75 Å². The van der Waals surface area contributed by atoms with Crippen LogP contribution >= 0.6 is 0 Å². The highest BCUT2D eigenvalue weighted by atomic mass is 19.1. The molecule has 0 saturated heterocycles. The Morgan fingerprint density at radius 2 is 1.83 bits per heavy atom. The van der Waals surface area contributed by atoms with Crippen LogP contribution < -0.4 is 11.1 Å². The fourth-order valence-corrected chi connectivity index (χ4v) is 2.27. The summed E-state index contributed by atoms with van der Waals surface area (Å²) in [5.41, 5.74) is 6.06. The molecule has 5 heteroatoms. The number of nitrogens with one attached hydrogen (secondary N) is 1. The van der Waals surface area contributed by atoms with Crippen LogP contribution in [0.25, 0.3) is 0 Å². The fourth-order valence-electron chi connectivity index (χ4n) is 2.27. The first-order chi connectivity index (χ1) is 10.8. The number of aromatic hydroxyl groups is 1. The molecular weight excluding hydrogens is 295 g/mol. The highest BCUT2D eigenvalue weighted by molar-refractivity contribution is 5.96. The number of para-hydroxylation sites is 1. The molecule has 23 heavy (non-hydrogen) atoms. The minimum atomic E-state index is -1.26.